The highest BCUT2D eigenvalue weighted by atomic mass is 35.5. The average Bonchev–Trinajstić information content (AvgIpc) is 2.75. The summed E-state index contributed by atoms with van der Waals surface area (Å²) >= 11 is 5.97. The zero-order valence-corrected chi connectivity index (χ0v) is 13.2. The number of rotatable bonds is 6. The van der Waals surface area contributed by atoms with Crippen molar-refractivity contribution < 1.29 is 18.3 Å². The van der Waals surface area contributed by atoms with Gasteiger partial charge in [-0.05, 0) is 12.1 Å². The summed E-state index contributed by atoms with van der Waals surface area (Å²) in [4.78, 5) is 4.01. The molecule has 0 aliphatic carbocycles. The quantitative estimate of drug-likeness (QED) is 0.837. The molecule has 2 aromatic rings. The van der Waals surface area contributed by atoms with Gasteiger partial charge in [-0.3, -0.25) is 4.40 Å². The predicted molar refractivity (Wildman–Crippen MR) is 77.9 cm³/mol. The Morgan fingerprint density at radius 2 is 2.24 bits per heavy atom. The van der Waals surface area contributed by atoms with Crippen LogP contribution in [0.4, 0.5) is 0 Å². The van der Waals surface area contributed by atoms with E-state index in [0.29, 0.717) is 5.65 Å². The Bertz CT molecular complexity index is 731. The van der Waals surface area contributed by atoms with Gasteiger partial charge in [0, 0.05) is 26.9 Å². The smallest absolute Gasteiger partial charge is 0.262 e. The van der Waals surface area contributed by atoms with E-state index in [9.17, 15) is 13.5 Å². The van der Waals surface area contributed by atoms with E-state index in [1.165, 1.54) is 18.6 Å². The van der Waals surface area contributed by atoms with Crippen molar-refractivity contribution in [1.82, 2.24) is 13.7 Å². The molecule has 0 aromatic carbocycles. The van der Waals surface area contributed by atoms with Gasteiger partial charge >= 0.3 is 0 Å². The van der Waals surface area contributed by atoms with E-state index < -0.39 is 16.1 Å². The minimum atomic E-state index is -3.88. The van der Waals surface area contributed by atoms with Crippen LogP contribution in [0.2, 0.25) is 5.15 Å². The van der Waals surface area contributed by atoms with Crippen LogP contribution in [0, 0.1) is 0 Å². The molecule has 0 aliphatic rings. The summed E-state index contributed by atoms with van der Waals surface area (Å²) in [5.41, 5.74) is 0.437. The summed E-state index contributed by atoms with van der Waals surface area (Å²) < 4.78 is 32.4. The summed E-state index contributed by atoms with van der Waals surface area (Å²) in [5, 5.41) is 9.46. The van der Waals surface area contributed by atoms with Crippen molar-refractivity contribution in [1.29, 1.82) is 0 Å². The molecule has 1 atom stereocenters. The maximum absolute atomic E-state index is 12.6. The van der Waals surface area contributed by atoms with Gasteiger partial charge in [0.2, 0.25) is 0 Å². The standard InChI is InChI=1S/C12H16ClN3O4S/c1-15(7-9(17)8-20-2)21(18,19)12-11(13)14-10-5-3-4-6-16(10)12/h3-6,9,17H,7-8H2,1-2H3. The fourth-order valence-corrected chi connectivity index (χ4v) is 3.76. The maximum Gasteiger partial charge on any atom is 0.262 e. The highest BCUT2D eigenvalue weighted by molar-refractivity contribution is 7.89. The number of sulfonamides is 1. The molecule has 7 nitrogen and oxygen atoms in total. The molecule has 2 rings (SSSR count). The van der Waals surface area contributed by atoms with Crippen LogP contribution in [0.15, 0.2) is 29.4 Å². The van der Waals surface area contributed by atoms with Crippen LogP contribution in [-0.4, -0.2) is 60.6 Å². The Balaban J connectivity index is 2.40. The summed E-state index contributed by atoms with van der Waals surface area (Å²) in [6.45, 7) is -0.0622. The number of pyridine rings is 1. The van der Waals surface area contributed by atoms with Gasteiger partial charge in [0.25, 0.3) is 10.0 Å². The molecular weight excluding hydrogens is 318 g/mol. The Morgan fingerprint density at radius 3 is 2.90 bits per heavy atom. The number of methoxy groups -OCH3 is 1. The van der Waals surface area contributed by atoms with Crippen LogP contribution in [0.25, 0.3) is 5.65 Å². The molecule has 2 heterocycles. The van der Waals surface area contributed by atoms with E-state index in [1.807, 2.05) is 0 Å². The first-order chi connectivity index (χ1) is 9.87. The second-order valence-electron chi connectivity index (χ2n) is 4.53. The number of imidazole rings is 1. The van der Waals surface area contributed by atoms with Crippen LogP contribution in [0.5, 0.6) is 0 Å². The molecule has 0 aliphatic heterocycles. The second-order valence-corrected chi connectivity index (χ2v) is 6.85. The van der Waals surface area contributed by atoms with Gasteiger partial charge in [-0.1, -0.05) is 17.7 Å². The van der Waals surface area contributed by atoms with E-state index >= 15 is 0 Å². The number of hydrogen-bond acceptors (Lipinski definition) is 5. The van der Waals surface area contributed by atoms with Crippen molar-refractivity contribution in [2.45, 2.75) is 11.1 Å². The molecule has 2 aromatic heterocycles. The SMILES string of the molecule is COCC(O)CN(C)S(=O)(=O)c1c(Cl)nc2ccccn12. The number of aliphatic hydroxyl groups excluding tert-OH is 1. The van der Waals surface area contributed by atoms with Gasteiger partial charge in [0.05, 0.1) is 12.7 Å². The zero-order chi connectivity index (χ0) is 15.6. The molecule has 9 heteroatoms. The van der Waals surface area contributed by atoms with E-state index in [1.54, 1.807) is 24.4 Å². The Hall–Kier alpha value is -1.19. The van der Waals surface area contributed by atoms with E-state index in [2.05, 4.69) is 4.98 Å². The van der Waals surface area contributed by atoms with Crippen LogP contribution >= 0.6 is 11.6 Å². The monoisotopic (exact) mass is 333 g/mol. The molecule has 0 spiro atoms. The average molecular weight is 334 g/mol. The first-order valence-corrected chi connectivity index (χ1v) is 7.95. The summed E-state index contributed by atoms with van der Waals surface area (Å²) in [6.07, 6.45) is 0.647. The Labute approximate surface area is 127 Å². The Morgan fingerprint density at radius 1 is 1.52 bits per heavy atom. The summed E-state index contributed by atoms with van der Waals surface area (Å²) in [7, 11) is -1.08. The number of likely N-dealkylation sites (N-methyl/N-ethyl adjacent to an activating group) is 1. The molecule has 0 radical (unpaired) electrons. The lowest BCUT2D eigenvalue weighted by Gasteiger charge is -2.20. The fourth-order valence-electron chi connectivity index (χ4n) is 1.96. The van der Waals surface area contributed by atoms with Crippen molar-refractivity contribution in [3.63, 3.8) is 0 Å². The third-order valence-electron chi connectivity index (χ3n) is 2.93. The van der Waals surface area contributed by atoms with Gasteiger partial charge in [0.1, 0.15) is 5.65 Å². The van der Waals surface area contributed by atoms with Gasteiger partial charge in [-0.15, -0.1) is 0 Å². The number of nitrogens with zero attached hydrogens (tertiary/aromatic N) is 3. The second kappa shape index (κ2) is 6.29. The number of aliphatic hydroxyl groups is 1. The largest absolute Gasteiger partial charge is 0.389 e. The van der Waals surface area contributed by atoms with Crippen molar-refractivity contribution in [3.05, 3.63) is 29.5 Å². The highest BCUT2D eigenvalue weighted by Gasteiger charge is 2.29. The third-order valence-corrected chi connectivity index (χ3v) is 5.15. The van der Waals surface area contributed by atoms with Crippen LogP contribution in [-0.2, 0) is 14.8 Å². The lowest BCUT2D eigenvalue weighted by Crippen LogP contribution is -2.36. The number of hydrogen-bond donors (Lipinski definition) is 1. The topological polar surface area (TPSA) is 84.1 Å². The molecule has 0 saturated carbocycles. The lowest BCUT2D eigenvalue weighted by molar-refractivity contribution is 0.0554. The lowest BCUT2D eigenvalue weighted by atomic mass is 10.4. The molecular formula is C12H16ClN3O4S. The molecule has 116 valence electrons. The van der Waals surface area contributed by atoms with Crippen LogP contribution in [0.1, 0.15) is 0 Å². The van der Waals surface area contributed by atoms with Gasteiger partial charge in [-0.25, -0.2) is 13.4 Å². The Kier molecular flexibility index (Phi) is 4.84. The van der Waals surface area contributed by atoms with Crippen molar-refractivity contribution in [3.8, 4) is 0 Å². The molecule has 0 saturated heterocycles. The minimum absolute atomic E-state index is 0.0424. The van der Waals surface area contributed by atoms with Crippen LogP contribution < -0.4 is 0 Å². The highest BCUT2D eigenvalue weighted by Crippen LogP contribution is 2.25. The first kappa shape index (κ1) is 16.2. The summed E-state index contributed by atoms with van der Waals surface area (Å²) in [5.74, 6) is 0. The molecule has 0 fully saturated rings. The van der Waals surface area contributed by atoms with E-state index in [-0.39, 0.29) is 23.3 Å². The molecule has 1 unspecified atom stereocenters. The number of ether oxygens (including phenoxy) is 1. The van der Waals surface area contributed by atoms with Gasteiger partial charge < -0.3 is 9.84 Å². The van der Waals surface area contributed by atoms with E-state index in [4.69, 9.17) is 16.3 Å². The molecule has 0 amide bonds. The maximum atomic E-state index is 12.6. The normalized spacial score (nSPS) is 14.0. The minimum Gasteiger partial charge on any atom is -0.389 e. The van der Waals surface area contributed by atoms with E-state index in [0.717, 1.165) is 4.31 Å². The number of fused-ring (bicyclic) bond motifs is 1. The van der Waals surface area contributed by atoms with Crippen molar-refractivity contribution in [2.24, 2.45) is 0 Å². The first-order valence-electron chi connectivity index (χ1n) is 6.14. The van der Waals surface area contributed by atoms with Crippen molar-refractivity contribution >= 4 is 27.3 Å². The zero-order valence-electron chi connectivity index (χ0n) is 11.6. The van der Waals surface area contributed by atoms with Gasteiger partial charge in [-0.2, -0.15) is 4.31 Å². The van der Waals surface area contributed by atoms with Gasteiger partial charge in [0.15, 0.2) is 10.2 Å². The molecule has 0 bridgehead atoms. The number of aromatic nitrogens is 2. The predicted octanol–water partition coefficient (Wildman–Crippen LogP) is 0.616. The van der Waals surface area contributed by atoms with Crippen LogP contribution in [0.3, 0.4) is 0 Å². The summed E-state index contributed by atoms with van der Waals surface area (Å²) in [6, 6.07) is 5.08. The molecule has 1 N–H and O–H groups in total. The third kappa shape index (κ3) is 3.19. The van der Waals surface area contributed by atoms with Crippen molar-refractivity contribution in [2.75, 3.05) is 27.3 Å². The fraction of sp³-hybridized carbons (Fsp3) is 0.417. The number of halogens is 1. The molecule has 21 heavy (non-hydrogen) atoms.